The maximum atomic E-state index is 12.3. The van der Waals surface area contributed by atoms with Gasteiger partial charge in [0.25, 0.3) is 5.91 Å². The molecule has 1 saturated carbocycles. The van der Waals surface area contributed by atoms with Gasteiger partial charge >= 0.3 is 0 Å². The number of phenolic OH excluding ortho intramolecular Hbond substituents is 1. The second-order valence-corrected chi connectivity index (χ2v) is 5.46. The summed E-state index contributed by atoms with van der Waals surface area (Å²) in [5.41, 5.74) is 1.24. The van der Waals surface area contributed by atoms with Crippen molar-refractivity contribution in [2.24, 2.45) is 5.92 Å². The molecule has 0 aromatic heterocycles. The van der Waals surface area contributed by atoms with Gasteiger partial charge in [-0.05, 0) is 37.5 Å². The first-order valence-electron chi connectivity index (χ1n) is 6.72. The van der Waals surface area contributed by atoms with Gasteiger partial charge in [0.1, 0.15) is 5.75 Å². The van der Waals surface area contributed by atoms with Crippen LogP contribution in [0.25, 0.3) is 0 Å². The van der Waals surface area contributed by atoms with Crippen molar-refractivity contribution in [1.82, 2.24) is 4.90 Å². The van der Waals surface area contributed by atoms with E-state index < -0.39 is 0 Å². The number of benzene rings is 1. The van der Waals surface area contributed by atoms with Gasteiger partial charge in [-0.3, -0.25) is 4.79 Å². The van der Waals surface area contributed by atoms with Crippen molar-refractivity contribution in [2.45, 2.75) is 32.3 Å². The number of carbonyl (C=O) groups is 1. The van der Waals surface area contributed by atoms with Crippen LogP contribution in [0.15, 0.2) is 18.2 Å². The van der Waals surface area contributed by atoms with Crippen LogP contribution in [-0.2, 0) is 0 Å². The highest BCUT2D eigenvalue weighted by Gasteiger charge is 2.28. The van der Waals surface area contributed by atoms with E-state index in [9.17, 15) is 15.0 Å². The Morgan fingerprint density at radius 1 is 1.42 bits per heavy atom. The standard InChI is InChI=1S/C15H21NO3/c1-10-6-7-12(14(18)8-10)15(19)16(2)9-11-4-3-5-13(11)17/h6-8,11,13,17-18H,3-5,9H2,1-2H3. The topological polar surface area (TPSA) is 60.8 Å². The molecule has 1 amide bonds. The van der Waals surface area contributed by atoms with Crippen LogP contribution >= 0.6 is 0 Å². The first kappa shape index (κ1) is 13.9. The first-order chi connectivity index (χ1) is 8.99. The molecule has 0 bridgehead atoms. The molecule has 1 aliphatic carbocycles. The Morgan fingerprint density at radius 3 is 2.74 bits per heavy atom. The summed E-state index contributed by atoms with van der Waals surface area (Å²) in [4.78, 5) is 13.8. The van der Waals surface area contributed by atoms with Crippen molar-refractivity contribution in [3.05, 3.63) is 29.3 Å². The fraction of sp³-hybridized carbons (Fsp3) is 0.533. The summed E-state index contributed by atoms with van der Waals surface area (Å²) < 4.78 is 0. The van der Waals surface area contributed by atoms with Crippen LogP contribution in [0.3, 0.4) is 0 Å². The lowest BCUT2D eigenvalue weighted by Crippen LogP contribution is -2.34. The van der Waals surface area contributed by atoms with Gasteiger partial charge in [-0.2, -0.15) is 0 Å². The van der Waals surface area contributed by atoms with E-state index in [4.69, 9.17) is 0 Å². The Kier molecular flexibility index (Phi) is 4.10. The van der Waals surface area contributed by atoms with Crippen molar-refractivity contribution >= 4 is 5.91 Å². The zero-order valence-corrected chi connectivity index (χ0v) is 11.5. The zero-order valence-electron chi connectivity index (χ0n) is 11.5. The number of hydrogen-bond acceptors (Lipinski definition) is 3. The maximum Gasteiger partial charge on any atom is 0.257 e. The minimum atomic E-state index is -0.304. The molecule has 1 aromatic rings. The zero-order chi connectivity index (χ0) is 14.0. The molecule has 4 nitrogen and oxygen atoms in total. The monoisotopic (exact) mass is 263 g/mol. The number of nitrogens with zero attached hydrogens (tertiary/aromatic N) is 1. The van der Waals surface area contributed by atoms with Crippen molar-refractivity contribution in [3.63, 3.8) is 0 Å². The molecule has 0 aliphatic heterocycles. The molecular formula is C15H21NO3. The lowest BCUT2D eigenvalue weighted by atomic mass is 10.0. The maximum absolute atomic E-state index is 12.3. The summed E-state index contributed by atoms with van der Waals surface area (Å²) in [6, 6.07) is 5.05. The van der Waals surface area contributed by atoms with Gasteiger partial charge in [-0.1, -0.05) is 12.5 Å². The quantitative estimate of drug-likeness (QED) is 0.876. The smallest absolute Gasteiger partial charge is 0.257 e. The second-order valence-electron chi connectivity index (χ2n) is 5.46. The summed E-state index contributed by atoms with van der Waals surface area (Å²) in [5, 5.41) is 19.6. The molecular weight excluding hydrogens is 242 g/mol. The number of aliphatic hydroxyl groups is 1. The summed E-state index contributed by atoms with van der Waals surface area (Å²) in [6.07, 6.45) is 2.49. The summed E-state index contributed by atoms with van der Waals surface area (Å²) >= 11 is 0. The number of rotatable bonds is 3. The van der Waals surface area contributed by atoms with Gasteiger partial charge in [0.15, 0.2) is 0 Å². The van der Waals surface area contributed by atoms with Crippen LogP contribution in [0.5, 0.6) is 5.75 Å². The fourth-order valence-electron chi connectivity index (χ4n) is 2.69. The highest BCUT2D eigenvalue weighted by atomic mass is 16.3. The fourth-order valence-corrected chi connectivity index (χ4v) is 2.69. The average molecular weight is 263 g/mol. The van der Waals surface area contributed by atoms with E-state index in [0.717, 1.165) is 24.8 Å². The minimum Gasteiger partial charge on any atom is -0.507 e. The Hall–Kier alpha value is -1.55. The van der Waals surface area contributed by atoms with Crippen molar-refractivity contribution in [2.75, 3.05) is 13.6 Å². The molecule has 2 unspecified atom stereocenters. The Morgan fingerprint density at radius 2 is 2.16 bits per heavy atom. The number of carbonyl (C=O) groups excluding carboxylic acids is 1. The number of aryl methyl sites for hydroxylation is 1. The van der Waals surface area contributed by atoms with E-state index in [2.05, 4.69) is 0 Å². The van der Waals surface area contributed by atoms with E-state index in [0.29, 0.717) is 12.1 Å². The van der Waals surface area contributed by atoms with Crippen LogP contribution in [0.2, 0.25) is 0 Å². The Labute approximate surface area is 113 Å². The van der Waals surface area contributed by atoms with Crippen LogP contribution in [0.4, 0.5) is 0 Å². The van der Waals surface area contributed by atoms with Crippen LogP contribution in [0.1, 0.15) is 35.2 Å². The molecule has 0 radical (unpaired) electrons. The summed E-state index contributed by atoms with van der Waals surface area (Å²) in [7, 11) is 1.71. The van der Waals surface area contributed by atoms with Gasteiger partial charge in [0, 0.05) is 19.5 Å². The van der Waals surface area contributed by atoms with Crippen LogP contribution < -0.4 is 0 Å². The molecule has 2 rings (SSSR count). The SMILES string of the molecule is Cc1ccc(C(=O)N(C)CC2CCCC2O)c(O)c1. The van der Waals surface area contributed by atoms with E-state index in [-0.39, 0.29) is 23.7 Å². The third-order valence-corrected chi connectivity index (χ3v) is 3.86. The van der Waals surface area contributed by atoms with Crippen molar-refractivity contribution in [1.29, 1.82) is 0 Å². The molecule has 2 N–H and O–H groups in total. The number of aliphatic hydroxyl groups excluding tert-OH is 1. The van der Waals surface area contributed by atoms with Crippen LogP contribution in [-0.4, -0.2) is 40.7 Å². The highest BCUT2D eigenvalue weighted by molar-refractivity contribution is 5.96. The van der Waals surface area contributed by atoms with E-state index >= 15 is 0 Å². The van der Waals surface area contributed by atoms with E-state index in [1.807, 2.05) is 13.0 Å². The first-order valence-corrected chi connectivity index (χ1v) is 6.72. The van der Waals surface area contributed by atoms with Gasteiger partial charge in [0.2, 0.25) is 0 Å². The van der Waals surface area contributed by atoms with Crippen molar-refractivity contribution in [3.8, 4) is 5.75 Å². The van der Waals surface area contributed by atoms with Crippen LogP contribution in [0, 0.1) is 12.8 Å². The molecule has 4 heteroatoms. The Bertz CT molecular complexity index is 472. The highest BCUT2D eigenvalue weighted by Crippen LogP contribution is 2.27. The lowest BCUT2D eigenvalue weighted by Gasteiger charge is -2.23. The largest absolute Gasteiger partial charge is 0.507 e. The molecule has 0 heterocycles. The number of hydrogen-bond donors (Lipinski definition) is 2. The second kappa shape index (κ2) is 5.61. The summed E-state index contributed by atoms with van der Waals surface area (Å²) in [6.45, 7) is 2.40. The summed E-state index contributed by atoms with van der Waals surface area (Å²) in [5.74, 6) is -0.0260. The van der Waals surface area contributed by atoms with Gasteiger partial charge in [0.05, 0.1) is 11.7 Å². The van der Waals surface area contributed by atoms with E-state index in [1.54, 1.807) is 24.1 Å². The Balaban J connectivity index is 2.06. The van der Waals surface area contributed by atoms with E-state index in [1.165, 1.54) is 0 Å². The molecule has 0 spiro atoms. The number of aromatic hydroxyl groups is 1. The molecule has 1 aliphatic rings. The predicted octanol–water partition coefficient (Wildman–Crippen LogP) is 1.93. The molecule has 0 saturated heterocycles. The third-order valence-electron chi connectivity index (χ3n) is 3.86. The normalized spacial score (nSPS) is 22.5. The number of phenols is 1. The minimum absolute atomic E-state index is 0.0174. The predicted molar refractivity (Wildman–Crippen MR) is 73.2 cm³/mol. The van der Waals surface area contributed by atoms with Gasteiger partial charge in [-0.15, -0.1) is 0 Å². The average Bonchev–Trinajstić information content (AvgIpc) is 2.74. The molecule has 2 atom stereocenters. The molecule has 104 valence electrons. The van der Waals surface area contributed by atoms with Gasteiger partial charge in [-0.25, -0.2) is 0 Å². The van der Waals surface area contributed by atoms with Gasteiger partial charge < -0.3 is 15.1 Å². The van der Waals surface area contributed by atoms with Crippen molar-refractivity contribution < 1.29 is 15.0 Å². The molecule has 19 heavy (non-hydrogen) atoms. The number of amides is 1. The lowest BCUT2D eigenvalue weighted by molar-refractivity contribution is 0.0691. The third kappa shape index (κ3) is 3.07. The molecule has 1 fully saturated rings. The molecule has 1 aromatic carbocycles.